The summed E-state index contributed by atoms with van der Waals surface area (Å²) in [6, 6.07) is 8.42. The molecule has 2 aromatic heterocycles. The minimum atomic E-state index is 0.525. The number of imidazole rings is 1. The highest BCUT2D eigenvalue weighted by atomic mass is 35.5. The topological polar surface area (TPSA) is 63.1 Å². The molecular formula is C26H34ClN5O2. The second kappa shape index (κ2) is 10.4. The molecule has 8 heteroatoms. The highest BCUT2D eigenvalue weighted by Crippen LogP contribution is 2.38. The van der Waals surface area contributed by atoms with Crippen LogP contribution in [0.2, 0.25) is 5.02 Å². The van der Waals surface area contributed by atoms with Crippen molar-refractivity contribution in [1.29, 1.82) is 0 Å². The lowest BCUT2D eigenvalue weighted by Crippen LogP contribution is -2.45. The summed E-state index contributed by atoms with van der Waals surface area (Å²) >= 11 is 6.37. The minimum Gasteiger partial charge on any atom is -0.496 e. The summed E-state index contributed by atoms with van der Waals surface area (Å²) in [5.41, 5.74) is 3.66. The van der Waals surface area contributed by atoms with E-state index >= 15 is 0 Å². The Balaban J connectivity index is 1.25. The number of rotatable bonds is 7. The fourth-order valence-corrected chi connectivity index (χ4v) is 5.49. The number of hydrogen-bond donors (Lipinski definition) is 2. The van der Waals surface area contributed by atoms with Gasteiger partial charge in [-0.3, -0.25) is 0 Å². The largest absolute Gasteiger partial charge is 0.496 e. The van der Waals surface area contributed by atoms with Crippen LogP contribution in [0, 0.1) is 5.92 Å². The number of aromatic nitrogens is 2. The molecule has 34 heavy (non-hydrogen) atoms. The summed E-state index contributed by atoms with van der Waals surface area (Å²) in [5, 5.41) is 7.73. The normalized spacial score (nSPS) is 21.5. The standard InChI is InChI=1S/C26H34ClN5O2/c1-33-24-15-25(34-2)22(27)14-21(24)23-17-32-10-7-20(13-26(32)30-23)29-19-5-3-18(4-6-19)16-31-11-8-28-9-12-31/h7,10,13-15,17-19,28-29H,3-6,8-9,11-12,16H2,1-2H3. The smallest absolute Gasteiger partial charge is 0.141 e. The van der Waals surface area contributed by atoms with Gasteiger partial charge in [0.25, 0.3) is 0 Å². The lowest BCUT2D eigenvalue weighted by Gasteiger charge is -2.35. The van der Waals surface area contributed by atoms with Crippen molar-refractivity contribution in [3.63, 3.8) is 0 Å². The fraction of sp³-hybridized carbons (Fsp3) is 0.500. The van der Waals surface area contributed by atoms with E-state index in [-0.39, 0.29) is 0 Å². The van der Waals surface area contributed by atoms with Gasteiger partial charge in [-0.15, -0.1) is 0 Å². The lowest BCUT2D eigenvalue weighted by atomic mass is 9.85. The molecule has 5 rings (SSSR count). The van der Waals surface area contributed by atoms with Crippen LogP contribution in [0.3, 0.4) is 0 Å². The maximum absolute atomic E-state index is 6.37. The minimum absolute atomic E-state index is 0.525. The molecule has 1 saturated heterocycles. The quantitative estimate of drug-likeness (QED) is 0.514. The third-order valence-corrected chi connectivity index (χ3v) is 7.45. The summed E-state index contributed by atoms with van der Waals surface area (Å²) < 4.78 is 12.9. The second-order valence-electron chi connectivity index (χ2n) is 9.41. The van der Waals surface area contributed by atoms with Crippen LogP contribution in [0.5, 0.6) is 11.5 Å². The predicted octanol–water partition coefficient (Wildman–Crippen LogP) is 4.55. The number of anilines is 1. The Bertz CT molecular complexity index is 1120. The molecular weight excluding hydrogens is 450 g/mol. The zero-order chi connectivity index (χ0) is 23.5. The van der Waals surface area contributed by atoms with Gasteiger partial charge in [0, 0.05) is 74.5 Å². The molecule has 0 amide bonds. The van der Waals surface area contributed by atoms with E-state index in [0.29, 0.717) is 22.6 Å². The number of fused-ring (bicyclic) bond motifs is 1. The van der Waals surface area contributed by atoms with E-state index in [1.54, 1.807) is 20.3 Å². The number of methoxy groups -OCH3 is 2. The van der Waals surface area contributed by atoms with Gasteiger partial charge in [0.2, 0.25) is 0 Å². The maximum Gasteiger partial charge on any atom is 0.141 e. The van der Waals surface area contributed by atoms with Crippen LogP contribution in [0.15, 0.2) is 36.7 Å². The molecule has 1 aliphatic carbocycles. The predicted molar refractivity (Wildman–Crippen MR) is 137 cm³/mol. The summed E-state index contributed by atoms with van der Waals surface area (Å²) in [4.78, 5) is 7.48. The van der Waals surface area contributed by atoms with Crippen LogP contribution in [0.1, 0.15) is 25.7 Å². The van der Waals surface area contributed by atoms with Gasteiger partial charge < -0.3 is 29.4 Å². The van der Waals surface area contributed by atoms with E-state index in [2.05, 4.69) is 33.9 Å². The van der Waals surface area contributed by atoms with Crippen molar-refractivity contribution in [3.8, 4) is 22.8 Å². The Hall–Kier alpha value is -2.48. The van der Waals surface area contributed by atoms with Crippen LogP contribution >= 0.6 is 11.6 Å². The van der Waals surface area contributed by atoms with Crippen molar-refractivity contribution in [1.82, 2.24) is 19.6 Å². The number of ether oxygens (including phenoxy) is 2. The molecule has 0 bridgehead atoms. The molecule has 3 aromatic rings. The molecule has 2 fully saturated rings. The first-order valence-corrected chi connectivity index (χ1v) is 12.6. The molecule has 1 aliphatic heterocycles. The van der Waals surface area contributed by atoms with Crippen LogP contribution < -0.4 is 20.1 Å². The van der Waals surface area contributed by atoms with E-state index in [0.717, 1.165) is 41.6 Å². The number of piperazine rings is 1. The van der Waals surface area contributed by atoms with Crippen LogP contribution in [0.25, 0.3) is 16.9 Å². The molecule has 0 atom stereocenters. The van der Waals surface area contributed by atoms with Crippen molar-refractivity contribution in [2.45, 2.75) is 31.7 Å². The summed E-state index contributed by atoms with van der Waals surface area (Å²) in [5.74, 6) is 2.10. The summed E-state index contributed by atoms with van der Waals surface area (Å²) in [7, 11) is 3.24. The van der Waals surface area contributed by atoms with Gasteiger partial charge in [0.1, 0.15) is 17.1 Å². The summed E-state index contributed by atoms with van der Waals surface area (Å²) in [6.45, 7) is 5.91. The Kier molecular flexibility index (Phi) is 7.13. The molecule has 2 aliphatic rings. The van der Waals surface area contributed by atoms with Crippen LogP contribution in [-0.4, -0.2) is 67.3 Å². The van der Waals surface area contributed by atoms with Crippen LogP contribution in [-0.2, 0) is 0 Å². The van der Waals surface area contributed by atoms with E-state index in [1.165, 1.54) is 45.3 Å². The third kappa shape index (κ3) is 5.11. The molecule has 0 radical (unpaired) electrons. The molecule has 7 nitrogen and oxygen atoms in total. The lowest BCUT2D eigenvalue weighted by molar-refractivity contribution is 0.179. The number of hydrogen-bond acceptors (Lipinski definition) is 6. The summed E-state index contributed by atoms with van der Waals surface area (Å²) in [6.07, 6.45) is 9.11. The third-order valence-electron chi connectivity index (χ3n) is 7.15. The van der Waals surface area contributed by atoms with Crippen molar-refractivity contribution in [3.05, 3.63) is 41.7 Å². The number of nitrogens with zero attached hydrogens (tertiary/aromatic N) is 3. The Morgan fingerprint density at radius 3 is 2.56 bits per heavy atom. The van der Waals surface area contributed by atoms with Gasteiger partial charge in [-0.1, -0.05) is 11.6 Å². The van der Waals surface area contributed by atoms with E-state index in [4.69, 9.17) is 26.1 Å². The molecule has 3 heterocycles. The monoisotopic (exact) mass is 483 g/mol. The molecule has 2 N–H and O–H groups in total. The number of halogens is 1. The van der Waals surface area contributed by atoms with E-state index in [1.807, 2.05) is 16.7 Å². The fourth-order valence-electron chi connectivity index (χ4n) is 5.25. The van der Waals surface area contributed by atoms with Gasteiger partial charge in [-0.25, -0.2) is 4.98 Å². The zero-order valence-corrected chi connectivity index (χ0v) is 20.8. The molecule has 1 saturated carbocycles. The molecule has 0 unspecified atom stereocenters. The Morgan fingerprint density at radius 2 is 1.82 bits per heavy atom. The van der Waals surface area contributed by atoms with Crippen molar-refractivity contribution in [2.24, 2.45) is 5.92 Å². The molecule has 1 aromatic carbocycles. The average molecular weight is 484 g/mol. The first-order chi connectivity index (χ1) is 16.6. The van der Waals surface area contributed by atoms with Crippen molar-refractivity contribution >= 4 is 22.9 Å². The van der Waals surface area contributed by atoms with Gasteiger partial charge in [0.15, 0.2) is 0 Å². The van der Waals surface area contributed by atoms with Crippen molar-refractivity contribution < 1.29 is 9.47 Å². The Labute approximate surface area is 206 Å². The zero-order valence-electron chi connectivity index (χ0n) is 20.0. The highest BCUT2D eigenvalue weighted by molar-refractivity contribution is 6.32. The van der Waals surface area contributed by atoms with E-state index < -0.39 is 0 Å². The van der Waals surface area contributed by atoms with Crippen molar-refractivity contribution in [2.75, 3.05) is 52.3 Å². The van der Waals surface area contributed by atoms with E-state index in [9.17, 15) is 0 Å². The highest BCUT2D eigenvalue weighted by Gasteiger charge is 2.24. The van der Waals surface area contributed by atoms with Gasteiger partial charge in [-0.05, 0) is 43.7 Å². The SMILES string of the molecule is COc1cc(OC)c(-c2cn3ccc(NC4CCC(CN5CCNCC5)CC4)cc3n2)cc1Cl. The second-order valence-corrected chi connectivity index (χ2v) is 9.81. The van der Waals surface area contributed by atoms with Crippen LogP contribution in [0.4, 0.5) is 5.69 Å². The number of benzene rings is 1. The average Bonchev–Trinajstić information content (AvgIpc) is 3.29. The van der Waals surface area contributed by atoms with Gasteiger partial charge >= 0.3 is 0 Å². The maximum atomic E-state index is 6.37. The Morgan fingerprint density at radius 1 is 1.06 bits per heavy atom. The molecule has 182 valence electrons. The number of pyridine rings is 1. The first-order valence-electron chi connectivity index (χ1n) is 12.2. The first kappa shape index (κ1) is 23.3. The van der Waals surface area contributed by atoms with Gasteiger partial charge in [0.05, 0.1) is 24.9 Å². The van der Waals surface area contributed by atoms with Gasteiger partial charge in [-0.2, -0.15) is 0 Å². The number of nitrogens with one attached hydrogen (secondary N) is 2. The molecule has 0 spiro atoms.